The van der Waals surface area contributed by atoms with E-state index in [0.717, 1.165) is 25.8 Å². The van der Waals surface area contributed by atoms with Gasteiger partial charge in [0.05, 0.1) is 0 Å². The van der Waals surface area contributed by atoms with Crippen LogP contribution in [0.15, 0.2) is 0 Å². The van der Waals surface area contributed by atoms with Gasteiger partial charge in [-0.15, -0.1) is 0 Å². The minimum Gasteiger partial charge on any atom is -0.339 e. The van der Waals surface area contributed by atoms with Crippen LogP contribution in [0.5, 0.6) is 0 Å². The van der Waals surface area contributed by atoms with Gasteiger partial charge in [-0.3, -0.25) is 14.9 Å². The zero-order valence-electron chi connectivity index (χ0n) is 11.4. The van der Waals surface area contributed by atoms with Crippen LogP contribution < -0.4 is 0 Å². The number of nitrogens with zero attached hydrogens (tertiary/aromatic N) is 2. The van der Waals surface area contributed by atoms with Crippen molar-refractivity contribution in [2.75, 3.05) is 6.54 Å². The van der Waals surface area contributed by atoms with Crippen molar-refractivity contribution < 1.29 is 9.72 Å². The number of carbonyl (C=O) groups excluding carboxylic acids is 1. The maximum atomic E-state index is 12.2. The maximum absolute atomic E-state index is 12.2. The standard InChI is InChI=1S/C13H22N2O3/c1-13(2,3)8-9-5-4-6-14(9)12(16)10-7-11(10)15(17)18/h9-11H,4-8H2,1-3H3. The molecule has 1 heterocycles. The van der Waals surface area contributed by atoms with Crippen molar-refractivity contribution in [3.8, 4) is 0 Å². The first kappa shape index (κ1) is 13.3. The maximum Gasteiger partial charge on any atom is 0.233 e. The highest BCUT2D eigenvalue weighted by Gasteiger charge is 2.55. The first-order chi connectivity index (χ1) is 8.29. The summed E-state index contributed by atoms with van der Waals surface area (Å²) in [6.45, 7) is 7.29. The molecule has 3 unspecified atom stereocenters. The zero-order chi connectivity index (χ0) is 13.5. The summed E-state index contributed by atoms with van der Waals surface area (Å²) in [6.07, 6.45) is 3.49. The van der Waals surface area contributed by atoms with E-state index in [1.165, 1.54) is 0 Å². The van der Waals surface area contributed by atoms with Crippen molar-refractivity contribution in [2.24, 2.45) is 11.3 Å². The number of rotatable bonds is 3. The molecule has 2 rings (SSSR count). The summed E-state index contributed by atoms with van der Waals surface area (Å²) in [4.78, 5) is 24.5. The lowest BCUT2D eigenvalue weighted by atomic mass is 9.87. The van der Waals surface area contributed by atoms with Crippen LogP contribution in [0.4, 0.5) is 0 Å². The molecule has 0 aromatic heterocycles. The summed E-state index contributed by atoms with van der Waals surface area (Å²) >= 11 is 0. The SMILES string of the molecule is CC(C)(C)CC1CCCN1C(=O)C1CC1[N+](=O)[O-]. The third-order valence-electron chi connectivity index (χ3n) is 3.85. The van der Waals surface area contributed by atoms with Gasteiger partial charge in [0.25, 0.3) is 0 Å². The molecule has 3 atom stereocenters. The Bertz CT molecular complexity index is 362. The van der Waals surface area contributed by atoms with Crippen molar-refractivity contribution in [3.63, 3.8) is 0 Å². The molecule has 1 saturated heterocycles. The van der Waals surface area contributed by atoms with E-state index in [1.807, 2.05) is 4.90 Å². The Kier molecular flexibility index (Phi) is 3.34. The van der Waals surface area contributed by atoms with Gasteiger partial charge in [0.2, 0.25) is 11.9 Å². The van der Waals surface area contributed by atoms with Crippen molar-refractivity contribution in [3.05, 3.63) is 10.1 Å². The van der Waals surface area contributed by atoms with Gasteiger partial charge >= 0.3 is 0 Å². The van der Waals surface area contributed by atoms with Crippen molar-refractivity contribution >= 4 is 5.91 Å². The van der Waals surface area contributed by atoms with Crippen LogP contribution in [0.25, 0.3) is 0 Å². The van der Waals surface area contributed by atoms with Crippen LogP contribution >= 0.6 is 0 Å². The van der Waals surface area contributed by atoms with Gasteiger partial charge in [-0.2, -0.15) is 0 Å². The van der Waals surface area contributed by atoms with Crippen molar-refractivity contribution in [1.29, 1.82) is 0 Å². The number of likely N-dealkylation sites (tertiary alicyclic amines) is 1. The quantitative estimate of drug-likeness (QED) is 0.572. The molecule has 0 N–H and O–H groups in total. The molecular formula is C13H22N2O3. The predicted octanol–water partition coefficient (Wildman–Crippen LogP) is 2.08. The molecule has 0 aromatic rings. The third-order valence-corrected chi connectivity index (χ3v) is 3.85. The van der Waals surface area contributed by atoms with Crippen LogP contribution in [0.1, 0.15) is 46.5 Å². The molecular weight excluding hydrogens is 232 g/mol. The topological polar surface area (TPSA) is 63.5 Å². The first-order valence-corrected chi connectivity index (χ1v) is 6.73. The first-order valence-electron chi connectivity index (χ1n) is 6.73. The minimum absolute atomic E-state index is 0.0171. The molecule has 5 nitrogen and oxygen atoms in total. The Morgan fingerprint density at radius 1 is 1.44 bits per heavy atom. The molecule has 2 fully saturated rings. The summed E-state index contributed by atoms with van der Waals surface area (Å²) in [6, 6.07) is -0.334. The fourth-order valence-corrected chi connectivity index (χ4v) is 2.94. The Morgan fingerprint density at radius 2 is 2.11 bits per heavy atom. The second-order valence-electron chi connectivity index (χ2n) is 6.79. The van der Waals surface area contributed by atoms with E-state index in [0.29, 0.717) is 6.42 Å². The number of hydrogen-bond acceptors (Lipinski definition) is 3. The second kappa shape index (κ2) is 4.52. The molecule has 2 aliphatic rings. The van der Waals surface area contributed by atoms with Gasteiger partial charge in [-0.05, 0) is 24.7 Å². The van der Waals surface area contributed by atoms with Crippen LogP contribution in [0.2, 0.25) is 0 Å². The molecule has 102 valence electrons. The van der Waals surface area contributed by atoms with Gasteiger partial charge < -0.3 is 4.90 Å². The van der Waals surface area contributed by atoms with Crippen LogP contribution in [-0.4, -0.2) is 34.4 Å². The van der Waals surface area contributed by atoms with Crippen LogP contribution in [0.3, 0.4) is 0 Å². The Balaban J connectivity index is 1.96. The fourth-order valence-electron chi connectivity index (χ4n) is 2.94. The smallest absolute Gasteiger partial charge is 0.233 e. The highest BCUT2D eigenvalue weighted by Crippen LogP contribution is 2.38. The summed E-state index contributed by atoms with van der Waals surface area (Å²) in [7, 11) is 0. The molecule has 1 amide bonds. The zero-order valence-corrected chi connectivity index (χ0v) is 11.4. The van der Waals surface area contributed by atoms with Gasteiger partial charge in [0, 0.05) is 23.9 Å². The largest absolute Gasteiger partial charge is 0.339 e. The highest BCUT2D eigenvalue weighted by atomic mass is 16.6. The van der Waals surface area contributed by atoms with E-state index in [4.69, 9.17) is 0 Å². The number of hydrogen-bond donors (Lipinski definition) is 0. The summed E-state index contributed by atoms with van der Waals surface area (Å²) in [5.74, 6) is -0.330. The normalized spacial score (nSPS) is 31.5. The number of carbonyl (C=O) groups is 1. The van der Waals surface area contributed by atoms with Gasteiger partial charge in [-0.1, -0.05) is 20.8 Å². The number of amides is 1. The Labute approximate surface area is 108 Å². The third kappa shape index (κ3) is 2.82. The molecule has 1 aliphatic heterocycles. The number of nitro groups is 1. The average molecular weight is 254 g/mol. The van der Waals surface area contributed by atoms with Gasteiger partial charge in [0.15, 0.2) is 0 Å². The van der Waals surface area contributed by atoms with Crippen molar-refractivity contribution in [1.82, 2.24) is 4.90 Å². The Morgan fingerprint density at radius 3 is 2.61 bits per heavy atom. The molecule has 0 bridgehead atoms. The van der Waals surface area contributed by atoms with Crippen LogP contribution in [0, 0.1) is 21.4 Å². The average Bonchev–Trinajstić information content (AvgIpc) is 2.91. The molecule has 0 spiro atoms. The van der Waals surface area contributed by atoms with Gasteiger partial charge in [-0.25, -0.2) is 0 Å². The molecule has 5 heteroatoms. The molecule has 1 saturated carbocycles. The summed E-state index contributed by atoms with van der Waals surface area (Å²) < 4.78 is 0. The van der Waals surface area contributed by atoms with E-state index in [9.17, 15) is 14.9 Å². The highest BCUT2D eigenvalue weighted by molar-refractivity contribution is 5.82. The molecule has 18 heavy (non-hydrogen) atoms. The summed E-state index contributed by atoms with van der Waals surface area (Å²) in [5.41, 5.74) is 0.194. The molecule has 0 aromatic carbocycles. The lowest BCUT2D eigenvalue weighted by Crippen LogP contribution is -2.39. The Hall–Kier alpha value is -1.13. The van der Waals surface area contributed by atoms with E-state index in [1.54, 1.807) is 0 Å². The van der Waals surface area contributed by atoms with Crippen LogP contribution in [-0.2, 0) is 4.79 Å². The predicted molar refractivity (Wildman–Crippen MR) is 67.7 cm³/mol. The van der Waals surface area contributed by atoms with E-state index in [2.05, 4.69) is 20.8 Å². The summed E-state index contributed by atoms with van der Waals surface area (Å²) in [5, 5.41) is 10.6. The second-order valence-corrected chi connectivity index (χ2v) is 6.79. The minimum atomic E-state index is -0.617. The van der Waals surface area contributed by atoms with E-state index < -0.39 is 6.04 Å². The van der Waals surface area contributed by atoms with Gasteiger partial charge in [0.1, 0.15) is 5.92 Å². The lowest BCUT2D eigenvalue weighted by Gasteiger charge is -2.30. The monoisotopic (exact) mass is 254 g/mol. The lowest BCUT2D eigenvalue weighted by molar-refractivity contribution is -0.497. The van der Waals surface area contributed by atoms with E-state index >= 15 is 0 Å². The molecule has 1 aliphatic carbocycles. The fraction of sp³-hybridized carbons (Fsp3) is 0.923. The van der Waals surface area contributed by atoms with Crippen molar-refractivity contribution in [2.45, 2.75) is 58.5 Å². The molecule has 0 radical (unpaired) electrons. The van der Waals surface area contributed by atoms with E-state index in [-0.39, 0.29) is 28.2 Å².